The van der Waals surface area contributed by atoms with Gasteiger partial charge in [-0.2, -0.15) is 0 Å². The SMILES string of the molecule is Cc1cc(CN2CC2)cc2c1CCCCC2. The molecular formula is C15H21N. The molecule has 1 saturated heterocycles. The standard InChI is InChI=1S/C15H21N/c1-12-9-13(11-16-7-8-16)10-14-5-3-2-4-6-15(12)14/h9-10H,2-8,11H2,1H3. The Morgan fingerprint density at radius 3 is 2.69 bits per heavy atom. The second kappa shape index (κ2) is 4.21. The van der Waals surface area contributed by atoms with Crippen molar-refractivity contribution in [3.05, 3.63) is 34.4 Å². The molecule has 1 heterocycles. The maximum atomic E-state index is 2.50. The summed E-state index contributed by atoms with van der Waals surface area (Å²) >= 11 is 0. The highest BCUT2D eigenvalue weighted by atomic mass is 15.2. The molecule has 1 aliphatic carbocycles. The van der Waals surface area contributed by atoms with E-state index in [4.69, 9.17) is 0 Å². The van der Waals surface area contributed by atoms with E-state index in [2.05, 4.69) is 24.0 Å². The van der Waals surface area contributed by atoms with Crippen LogP contribution in [-0.4, -0.2) is 18.0 Å². The Balaban J connectivity index is 1.91. The average molecular weight is 215 g/mol. The summed E-state index contributed by atoms with van der Waals surface area (Å²) < 4.78 is 0. The van der Waals surface area contributed by atoms with Crippen molar-refractivity contribution in [1.82, 2.24) is 4.90 Å². The number of nitrogens with zero attached hydrogens (tertiary/aromatic N) is 1. The van der Waals surface area contributed by atoms with Gasteiger partial charge >= 0.3 is 0 Å². The third-order valence-corrected chi connectivity index (χ3v) is 3.94. The molecule has 0 unspecified atom stereocenters. The highest BCUT2D eigenvalue weighted by molar-refractivity contribution is 5.39. The third kappa shape index (κ3) is 2.15. The van der Waals surface area contributed by atoms with Crippen LogP contribution in [0.2, 0.25) is 0 Å². The maximum Gasteiger partial charge on any atom is 0.0235 e. The van der Waals surface area contributed by atoms with Crippen molar-refractivity contribution in [2.45, 2.75) is 45.6 Å². The van der Waals surface area contributed by atoms with Crippen molar-refractivity contribution >= 4 is 0 Å². The van der Waals surface area contributed by atoms with Crippen LogP contribution in [0.5, 0.6) is 0 Å². The molecule has 0 saturated carbocycles. The first-order valence-electron chi connectivity index (χ1n) is 6.66. The zero-order valence-electron chi connectivity index (χ0n) is 10.3. The highest BCUT2D eigenvalue weighted by Crippen LogP contribution is 2.26. The summed E-state index contributed by atoms with van der Waals surface area (Å²) in [7, 11) is 0. The molecule has 0 spiro atoms. The van der Waals surface area contributed by atoms with E-state index in [1.165, 1.54) is 62.9 Å². The predicted octanol–water partition coefficient (Wildman–Crippen LogP) is 3.08. The number of benzene rings is 1. The fourth-order valence-electron chi connectivity index (χ4n) is 2.92. The van der Waals surface area contributed by atoms with Crippen LogP contribution in [0.25, 0.3) is 0 Å². The van der Waals surface area contributed by atoms with Crippen LogP contribution in [-0.2, 0) is 19.4 Å². The van der Waals surface area contributed by atoms with Gasteiger partial charge in [0.2, 0.25) is 0 Å². The van der Waals surface area contributed by atoms with E-state index in [-0.39, 0.29) is 0 Å². The van der Waals surface area contributed by atoms with Gasteiger partial charge in [0.15, 0.2) is 0 Å². The van der Waals surface area contributed by atoms with Gasteiger partial charge in [0.25, 0.3) is 0 Å². The summed E-state index contributed by atoms with van der Waals surface area (Å²) in [5.74, 6) is 0. The number of aryl methyl sites for hydroxylation is 2. The van der Waals surface area contributed by atoms with Crippen LogP contribution in [0.4, 0.5) is 0 Å². The van der Waals surface area contributed by atoms with Gasteiger partial charge < -0.3 is 0 Å². The summed E-state index contributed by atoms with van der Waals surface area (Å²) in [5.41, 5.74) is 6.38. The molecule has 2 aliphatic rings. The van der Waals surface area contributed by atoms with Crippen molar-refractivity contribution in [2.24, 2.45) is 0 Å². The minimum Gasteiger partial charge on any atom is -0.297 e. The molecule has 1 aliphatic heterocycles. The van der Waals surface area contributed by atoms with E-state index in [1.807, 2.05) is 0 Å². The Bertz CT molecular complexity index is 391. The van der Waals surface area contributed by atoms with E-state index in [0.717, 1.165) is 0 Å². The van der Waals surface area contributed by atoms with Gasteiger partial charge in [0.1, 0.15) is 0 Å². The fourth-order valence-corrected chi connectivity index (χ4v) is 2.92. The second-order valence-electron chi connectivity index (χ2n) is 5.39. The van der Waals surface area contributed by atoms with Crippen molar-refractivity contribution in [3.63, 3.8) is 0 Å². The van der Waals surface area contributed by atoms with Crippen LogP contribution >= 0.6 is 0 Å². The molecule has 16 heavy (non-hydrogen) atoms. The molecular weight excluding hydrogens is 194 g/mol. The van der Waals surface area contributed by atoms with E-state index in [0.29, 0.717) is 0 Å². The molecule has 0 N–H and O–H groups in total. The van der Waals surface area contributed by atoms with E-state index in [1.54, 1.807) is 11.1 Å². The van der Waals surface area contributed by atoms with Gasteiger partial charge in [-0.25, -0.2) is 0 Å². The second-order valence-corrected chi connectivity index (χ2v) is 5.39. The third-order valence-electron chi connectivity index (χ3n) is 3.94. The Morgan fingerprint density at radius 1 is 1.06 bits per heavy atom. The molecule has 0 radical (unpaired) electrons. The molecule has 0 amide bonds. The molecule has 1 fully saturated rings. The summed E-state index contributed by atoms with van der Waals surface area (Å²) in [6.45, 7) is 6.08. The Morgan fingerprint density at radius 2 is 1.88 bits per heavy atom. The molecule has 0 aromatic heterocycles. The van der Waals surface area contributed by atoms with E-state index >= 15 is 0 Å². The van der Waals surface area contributed by atoms with Gasteiger partial charge in [-0.05, 0) is 54.9 Å². The van der Waals surface area contributed by atoms with Gasteiger partial charge in [-0.3, -0.25) is 4.90 Å². The van der Waals surface area contributed by atoms with Gasteiger partial charge in [-0.1, -0.05) is 18.6 Å². The number of hydrogen-bond acceptors (Lipinski definition) is 1. The first-order valence-corrected chi connectivity index (χ1v) is 6.66. The average Bonchev–Trinajstić information content (AvgIpc) is 3.04. The lowest BCUT2D eigenvalue weighted by molar-refractivity contribution is 0.555. The van der Waals surface area contributed by atoms with Crippen LogP contribution in [0.3, 0.4) is 0 Å². The zero-order chi connectivity index (χ0) is 11.0. The van der Waals surface area contributed by atoms with Crippen molar-refractivity contribution in [2.75, 3.05) is 13.1 Å². The fraction of sp³-hybridized carbons (Fsp3) is 0.600. The van der Waals surface area contributed by atoms with Gasteiger partial charge in [-0.15, -0.1) is 0 Å². The highest BCUT2D eigenvalue weighted by Gasteiger charge is 2.18. The Labute approximate surface area is 98.5 Å². The number of rotatable bonds is 2. The predicted molar refractivity (Wildman–Crippen MR) is 67.7 cm³/mol. The normalized spacial score (nSPS) is 20.3. The summed E-state index contributed by atoms with van der Waals surface area (Å²) in [6, 6.07) is 4.90. The maximum absolute atomic E-state index is 2.50. The molecule has 1 aromatic rings. The van der Waals surface area contributed by atoms with Crippen LogP contribution in [0.1, 0.15) is 41.5 Å². The first kappa shape index (κ1) is 10.3. The molecule has 86 valence electrons. The van der Waals surface area contributed by atoms with Crippen LogP contribution in [0, 0.1) is 6.92 Å². The lowest BCUT2D eigenvalue weighted by Gasteiger charge is -2.13. The van der Waals surface area contributed by atoms with Crippen molar-refractivity contribution in [3.8, 4) is 0 Å². The van der Waals surface area contributed by atoms with Gasteiger partial charge in [0.05, 0.1) is 0 Å². The number of fused-ring (bicyclic) bond motifs is 1. The number of hydrogen-bond donors (Lipinski definition) is 0. The zero-order valence-corrected chi connectivity index (χ0v) is 10.3. The van der Waals surface area contributed by atoms with Crippen molar-refractivity contribution in [1.29, 1.82) is 0 Å². The molecule has 1 heteroatoms. The first-order chi connectivity index (χ1) is 7.83. The lowest BCUT2D eigenvalue weighted by atomic mass is 9.95. The molecule has 1 aromatic carbocycles. The smallest absolute Gasteiger partial charge is 0.0235 e. The van der Waals surface area contributed by atoms with Crippen LogP contribution in [0.15, 0.2) is 12.1 Å². The monoisotopic (exact) mass is 215 g/mol. The Kier molecular flexibility index (Phi) is 2.72. The molecule has 1 nitrogen and oxygen atoms in total. The molecule has 0 atom stereocenters. The minimum absolute atomic E-state index is 1.17. The Hall–Kier alpha value is -0.820. The minimum atomic E-state index is 1.17. The van der Waals surface area contributed by atoms with E-state index < -0.39 is 0 Å². The summed E-state index contributed by atoms with van der Waals surface area (Å²) in [5, 5.41) is 0. The van der Waals surface area contributed by atoms with E-state index in [9.17, 15) is 0 Å². The quantitative estimate of drug-likeness (QED) is 0.541. The van der Waals surface area contributed by atoms with Gasteiger partial charge in [0, 0.05) is 19.6 Å². The molecule has 3 rings (SSSR count). The van der Waals surface area contributed by atoms with Crippen molar-refractivity contribution < 1.29 is 0 Å². The summed E-state index contributed by atoms with van der Waals surface area (Å²) in [4.78, 5) is 2.50. The summed E-state index contributed by atoms with van der Waals surface area (Å²) in [6.07, 6.45) is 6.81. The lowest BCUT2D eigenvalue weighted by Crippen LogP contribution is -2.02. The molecule has 0 bridgehead atoms. The topological polar surface area (TPSA) is 3.01 Å². The van der Waals surface area contributed by atoms with Crippen LogP contribution < -0.4 is 0 Å². The largest absolute Gasteiger partial charge is 0.297 e.